The Balaban J connectivity index is 1.66. The Morgan fingerprint density at radius 2 is 1.89 bits per heavy atom. The highest BCUT2D eigenvalue weighted by atomic mass is 32.1. The first-order valence-corrected chi connectivity index (χ1v) is 7.42. The van der Waals surface area contributed by atoms with Crippen LogP contribution >= 0.6 is 11.3 Å². The third-order valence-corrected chi connectivity index (χ3v) is 4.30. The van der Waals surface area contributed by atoms with E-state index < -0.39 is 0 Å². The quantitative estimate of drug-likeness (QED) is 0.734. The third-order valence-electron chi connectivity index (χ3n) is 3.29. The van der Waals surface area contributed by atoms with E-state index in [-0.39, 0.29) is 0 Å². The second kappa shape index (κ2) is 5.55. The summed E-state index contributed by atoms with van der Waals surface area (Å²) >= 11 is 1.82. The van der Waals surface area contributed by atoms with Gasteiger partial charge in [-0.2, -0.15) is 0 Å². The molecule has 96 valence electrons. The maximum absolute atomic E-state index is 3.53. The summed E-state index contributed by atoms with van der Waals surface area (Å²) in [7, 11) is 0. The SMILES string of the molecule is Cc1cccc(CNCc2csc3ccccc23)c1. The molecule has 0 atom stereocenters. The van der Waals surface area contributed by atoms with Crippen LogP contribution in [0.15, 0.2) is 53.9 Å². The molecule has 2 aromatic carbocycles. The number of rotatable bonds is 4. The van der Waals surface area contributed by atoms with Crippen LogP contribution in [0.25, 0.3) is 10.1 Å². The topological polar surface area (TPSA) is 12.0 Å². The number of hydrogen-bond acceptors (Lipinski definition) is 2. The van der Waals surface area contributed by atoms with E-state index in [4.69, 9.17) is 0 Å². The molecule has 1 N–H and O–H groups in total. The Morgan fingerprint density at radius 3 is 2.79 bits per heavy atom. The van der Waals surface area contributed by atoms with Gasteiger partial charge in [-0.1, -0.05) is 48.0 Å². The highest BCUT2D eigenvalue weighted by Gasteiger charge is 2.02. The van der Waals surface area contributed by atoms with Gasteiger partial charge in [-0.3, -0.25) is 0 Å². The van der Waals surface area contributed by atoms with E-state index in [1.54, 1.807) is 0 Å². The molecular weight excluding hydrogens is 250 g/mol. The predicted octanol–water partition coefficient (Wildman–Crippen LogP) is 4.50. The average molecular weight is 267 g/mol. The van der Waals surface area contributed by atoms with Gasteiger partial charge in [0, 0.05) is 17.8 Å². The molecule has 3 rings (SSSR count). The summed E-state index contributed by atoms with van der Waals surface area (Å²) in [5.41, 5.74) is 4.06. The summed E-state index contributed by atoms with van der Waals surface area (Å²) in [6, 6.07) is 17.3. The minimum absolute atomic E-state index is 0.922. The fourth-order valence-electron chi connectivity index (χ4n) is 2.33. The van der Waals surface area contributed by atoms with Gasteiger partial charge in [0.05, 0.1) is 0 Å². The van der Waals surface area contributed by atoms with Crippen molar-refractivity contribution in [1.82, 2.24) is 5.32 Å². The zero-order valence-corrected chi connectivity index (χ0v) is 11.8. The lowest BCUT2D eigenvalue weighted by molar-refractivity contribution is 0.697. The molecule has 0 aliphatic heterocycles. The van der Waals surface area contributed by atoms with Crippen molar-refractivity contribution in [2.45, 2.75) is 20.0 Å². The summed E-state index contributed by atoms with van der Waals surface area (Å²) in [6.45, 7) is 3.99. The average Bonchev–Trinajstić information content (AvgIpc) is 2.83. The molecule has 2 heteroatoms. The maximum atomic E-state index is 3.53. The smallest absolute Gasteiger partial charge is 0.0346 e. The summed E-state index contributed by atoms with van der Waals surface area (Å²) in [5.74, 6) is 0. The van der Waals surface area contributed by atoms with Gasteiger partial charge in [0.2, 0.25) is 0 Å². The highest BCUT2D eigenvalue weighted by Crippen LogP contribution is 2.25. The normalized spacial score (nSPS) is 11.0. The first-order valence-electron chi connectivity index (χ1n) is 6.54. The monoisotopic (exact) mass is 267 g/mol. The number of thiophene rings is 1. The van der Waals surface area contributed by atoms with Crippen LogP contribution in [0, 0.1) is 6.92 Å². The van der Waals surface area contributed by atoms with Crippen LogP contribution in [0.5, 0.6) is 0 Å². The van der Waals surface area contributed by atoms with E-state index in [1.807, 2.05) is 11.3 Å². The molecule has 3 aromatic rings. The Bertz CT molecular complexity index is 684. The van der Waals surface area contributed by atoms with Crippen molar-refractivity contribution in [2.75, 3.05) is 0 Å². The van der Waals surface area contributed by atoms with Crippen LogP contribution in [0.2, 0.25) is 0 Å². The van der Waals surface area contributed by atoms with E-state index in [9.17, 15) is 0 Å². The van der Waals surface area contributed by atoms with Gasteiger partial charge in [0.25, 0.3) is 0 Å². The molecule has 0 amide bonds. The summed E-state index contributed by atoms with van der Waals surface area (Å²) in [4.78, 5) is 0. The number of fused-ring (bicyclic) bond motifs is 1. The molecule has 0 spiro atoms. The highest BCUT2D eigenvalue weighted by molar-refractivity contribution is 7.17. The van der Waals surface area contributed by atoms with Crippen molar-refractivity contribution >= 4 is 21.4 Å². The molecule has 0 radical (unpaired) electrons. The van der Waals surface area contributed by atoms with Gasteiger partial charge < -0.3 is 5.32 Å². The van der Waals surface area contributed by atoms with Crippen LogP contribution in [0.4, 0.5) is 0 Å². The van der Waals surface area contributed by atoms with Gasteiger partial charge in [-0.15, -0.1) is 11.3 Å². The Morgan fingerprint density at radius 1 is 1.00 bits per heavy atom. The van der Waals surface area contributed by atoms with Crippen molar-refractivity contribution in [3.63, 3.8) is 0 Å². The first kappa shape index (κ1) is 12.4. The van der Waals surface area contributed by atoms with E-state index in [1.165, 1.54) is 26.8 Å². The third kappa shape index (κ3) is 2.86. The molecule has 1 heterocycles. The molecule has 0 aliphatic carbocycles. The van der Waals surface area contributed by atoms with Gasteiger partial charge in [-0.25, -0.2) is 0 Å². The van der Waals surface area contributed by atoms with Crippen molar-refractivity contribution in [2.24, 2.45) is 0 Å². The standard InChI is InChI=1S/C17H17NS/c1-13-5-4-6-14(9-13)10-18-11-15-12-19-17-8-3-2-7-16(15)17/h2-9,12,18H,10-11H2,1H3. The lowest BCUT2D eigenvalue weighted by Crippen LogP contribution is -2.12. The molecule has 19 heavy (non-hydrogen) atoms. The minimum Gasteiger partial charge on any atom is -0.309 e. The predicted molar refractivity (Wildman–Crippen MR) is 83.5 cm³/mol. The molecule has 1 aromatic heterocycles. The van der Waals surface area contributed by atoms with Crippen LogP contribution < -0.4 is 5.32 Å². The van der Waals surface area contributed by atoms with E-state index >= 15 is 0 Å². The van der Waals surface area contributed by atoms with Crippen LogP contribution in [0.1, 0.15) is 16.7 Å². The molecule has 0 unspecified atom stereocenters. The van der Waals surface area contributed by atoms with Crippen molar-refractivity contribution in [3.8, 4) is 0 Å². The summed E-state index contributed by atoms with van der Waals surface area (Å²) in [5, 5.41) is 7.17. The Kier molecular flexibility index (Phi) is 3.62. The Labute approximate surface area is 117 Å². The molecule has 0 saturated carbocycles. The zero-order valence-electron chi connectivity index (χ0n) is 11.0. The molecular formula is C17H17NS. The van der Waals surface area contributed by atoms with Gasteiger partial charge >= 0.3 is 0 Å². The summed E-state index contributed by atoms with van der Waals surface area (Å²) in [6.07, 6.45) is 0. The second-order valence-electron chi connectivity index (χ2n) is 4.85. The molecule has 0 saturated heterocycles. The lowest BCUT2D eigenvalue weighted by atomic mass is 10.1. The second-order valence-corrected chi connectivity index (χ2v) is 5.76. The lowest BCUT2D eigenvalue weighted by Gasteiger charge is -2.05. The number of benzene rings is 2. The molecule has 0 bridgehead atoms. The van der Waals surface area contributed by atoms with E-state index in [0.717, 1.165) is 13.1 Å². The first-order chi connectivity index (χ1) is 9.33. The maximum Gasteiger partial charge on any atom is 0.0346 e. The molecule has 1 nitrogen and oxygen atoms in total. The fraction of sp³-hybridized carbons (Fsp3) is 0.176. The van der Waals surface area contributed by atoms with Gasteiger partial charge in [0.1, 0.15) is 0 Å². The number of hydrogen-bond donors (Lipinski definition) is 1. The largest absolute Gasteiger partial charge is 0.309 e. The zero-order chi connectivity index (χ0) is 13.1. The van der Waals surface area contributed by atoms with Gasteiger partial charge in [-0.05, 0) is 34.9 Å². The summed E-state index contributed by atoms with van der Waals surface area (Å²) < 4.78 is 1.37. The van der Waals surface area contributed by atoms with Crippen LogP contribution in [0.3, 0.4) is 0 Å². The van der Waals surface area contributed by atoms with Crippen molar-refractivity contribution in [3.05, 3.63) is 70.6 Å². The van der Waals surface area contributed by atoms with Crippen LogP contribution in [-0.4, -0.2) is 0 Å². The minimum atomic E-state index is 0.922. The number of nitrogens with one attached hydrogen (secondary N) is 1. The Hall–Kier alpha value is -1.64. The molecule has 0 fully saturated rings. The van der Waals surface area contributed by atoms with Crippen molar-refractivity contribution in [1.29, 1.82) is 0 Å². The van der Waals surface area contributed by atoms with E-state index in [0.29, 0.717) is 0 Å². The molecule has 0 aliphatic rings. The fourth-order valence-corrected chi connectivity index (χ4v) is 3.30. The number of aryl methyl sites for hydroxylation is 1. The van der Waals surface area contributed by atoms with E-state index in [2.05, 4.69) is 66.2 Å². The van der Waals surface area contributed by atoms with Crippen molar-refractivity contribution < 1.29 is 0 Å². The van der Waals surface area contributed by atoms with Gasteiger partial charge in [0.15, 0.2) is 0 Å². The van der Waals surface area contributed by atoms with Crippen LogP contribution in [-0.2, 0) is 13.1 Å².